The van der Waals surface area contributed by atoms with Gasteiger partial charge in [0.15, 0.2) is 0 Å². The van der Waals surface area contributed by atoms with Gasteiger partial charge in [0, 0.05) is 17.1 Å². The summed E-state index contributed by atoms with van der Waals surface area (Å²) in [5, 5.41) is 0. The minimum atomic E-state index is -0.137. The van der Waals surface area contributed by atoms with Gasteiger partial charge in [-0.1, -0.05) is 6.08 Å². The average molecular weight is 295 g/mol. The zero-order valence-corrected chi connectivity index (χ0v) is 11.6. The first-order chi connectivity index (χ1) is 8.02. The van der Waals surface area contributed by atoms with E-state index in [9.17, 15) is 0 Å². The highest BCUT2D eigenvalue weighted by atomic mass is 79.9. The molecule has 0 atom stereocenters. The Balaban J connectivity index is 2.30. The van der Waals surface area contributed by atoms with Gasteiger partial charge in [0.1, 0.15) is 6.61 Å². The lowest BCUT2D eigenvalue weighted by Crippen LogP contribution is -2.17. The van der Waals surface area contributed by atoms with Crippen LogP contribution in [0, 0.1) is 0 Å². The molecule has 0 unspecified atom stereocenters. The van der Waals surface area contributed by atoms with Crippen LogP contribution in [0.3, 0.4) is 0 Å². The van der Waals surface area contributed by atoms with Gasteiger partial charge in [-0.25, -0.2) is 4.99 Å². The van der Waals surface area contributed by atoms with Crippen LogP contribution in [0.25, 0.3) is 0 Å². The Morgan fingerprint density at radius 2 is 2.35 bits per heavy atom. The lowest BCUT2D eigenvalue weighted by molar-refractivity contribution is 0.279. The largest absolute Gasteiger partial charge is 0.475 e. The fourth-order valence-corrected chi connectivity index (χ4v) is 2.11. The van der Waals surface area contributed by atoms with Crippen LogP contribution >= 0.6 is 15.9 Å². The fraction of sp³-hybridized carbons (Fsp3) is 0.385. The Kier molecular flexibility index (Phi) is 3.33. The zero-order chi connectivity index (χ0) is 12.5. The van der Waals surface area contributed by atoms with E-state index in [0.29, 0.717) is 12.5 Å². The topological polar surface area (TPSA) is 34.5 Å². The minimum absolute atomic E-state index is 0.137. The maximum atomic E-state index is 5.58. The van der Waals surface area contributed by atoms with Gasteiger partial charge in [-0.2, -0.15) is 0 Å². The predicted octanol–water partition coefficient (Wildman–Crippen LogP) is 3.13. The van der Waals surface area contributed by atoms with E-state index < -0.39 is 0 Å². The van der Waals surface area contributed by atoms with Crippen LogP contribution in [0.4, 0.5) is 0 Å². The van der Waals surface area contributed by atoms with Gasteiger partial charge in [-0.15, -0.1) is 6.58 Å². The second-order valence-corrected chi connectivity index (χ2v) is 5.52. The van der Waals surface area contributed by atoms with E-state index in [-0.39, 0.29) is 5.54 Å². The summed E-state index contributed by atoms with van der Waals surface area (Å²) in [6.45, 7) is 8.43. The standard InChI is InChI=1S/C13H15BrN2O/c1-4-5-11-10(14)6-9(7-15-11)12-16-13(2,3)8-17-12/h4,6-7H,1,5,8H2,2-3H3. The van der Waals surface area contributed by atoms with E-state index in [1.165, 1.54) is 0 Å². The molecule has 1 aliphatic rings. The fourth-order valence-electron chi connectivity index (χ4n) is 1.60. The van der Waals surface area contributed by atoms with E-state index in [1.54, 1.807) is 6.20 Å². The number of aliphatic imine (C=N–C) groups is 1. The van der Waals surface area contributed by atoms with Gasteiger partial charge in [0.25, 0.3) is 0 Å². The summed E-state index contributed by atoms with van der Waals surface area (Å²) >= 11 is 3.50. The van der Waals surface area contributed by atoms with E-state index in [4.69, 9.17) is 4.74 Å². The van der Waals surface area contributed by atoms with Crippen molar-refractivity contribution in [2.24, 2.45) is 4.99 Å². The van der Waals surface area contributed by atoms with Gasteiger partial charge < -0.3 is 4.74 Å². The first kappa shape index (κ1) is 12.3. The molecule has 0 spiro atoms. The summed E-state index contributed by atoms with van der Waals surface area (Å²) in [6, 6.07) is 1.99. The van der Waals surface area contributed by atoms with Gasteiger partial charge >= 0.3 is 0 Å². The predicted molar refractivity (Wildman–Crippen MR) is 72.4 cm³/mol. The van der Waals surface area contributed by atoms with Crippen molar-refractivity contribution >= 4 is 21.8 Å². The molecular weight excluding hydrogens is 280 g/mol. The van der Waals surface area contributed by atoms with Crippen molar-refractivity contribution in [3.63, 3.8) is 0 Å². The molecule has 0 radical (unpaired) electrons. The van der Waals surface area contributed by atoms with Crippen LogP contribution in [0.15, 0.2) is 34.4 Å². The molecule has 0 amide bonds. The van der Waals surface area contributed by atoms with Gasteiger partial charge in [-0.3, -0.25) is 4.98 Å². The third-order valence-electron chi connectivity index (χ3n) is 2.47. The van der Waals surface area contributed by atoms with E-state index in [1.807, 2.05) is 12.1 Å². The summed E-state index contributed by atoms with van der Waals surface area (Å²) in [5.74, 6) is 0.674. The Morgan fingerprint density at radius 3 is 2.88 bits per heavy atom. The first-order valence-corrected chi connectivity index (χ1v) is 6.29. The number of hydrogen-bond donors (Lipinski definition) is 0. The molecule has 4 heteroatoms. The van der Waals surface area contributed by atoms with Crippen LogP contribution in [0.5, 0.6) is 0 Å². The lowest BCUT2D eigenvalue weighted by atomic mass is 10.1. The third kappa shape index (κ3) is 2.75. The number of ether oxygens (including phenoxy) is 1. The molecule has 3 nitrogen and oxygen atoms in total. The van der Waals surface area contributed by atoms with Crippen LogP contribution in [0.1, 0.15) is 25.1 Å². The monoisotopic (exact) mass is 294 g/mol. The second kappa shape index (κ2) is 4.61. The van der Waals surface area contributed by atoms with Crippen LogP contribution in [-0.4, -0.2) is 23.0 Å². The highest BCUT2D eigenvalue weighted by Gasteiger charge is 2.27. The summed E-state index contributed by atoms with van der Waals surface area (Å²) in [4.78, 5) is 8.90. The summed E-state index contributed by atoms with van der Waals surface area (Å²) in [5.41, 5.74) is 1.75. The highest BCUT2D eigenvalue weighted by Crippen LogP contribution is 2.23. The molecule has 90 valence electrons. The minimum Gasteiger partial charge on any atom is -0.475 e. The lowest BCUT2D eigenvalue weighted by Gasteiger charge is -2.07. The molecule has 0 saturated carbocycles. The van der Waals surface area contributed by atoms with Crippen LogP contribution < -0.4 is 0 Å². The Bertz CT molecular complexity index is 480. The number of hydrogen-bond acceptors (Lipinski definition) is 3. The molecule has 1 aromatic rings. The van der Waals surface area contributed by atoms with Crippen LogP contribution in [0.2, 0.25) is 0 Å². The molecule has 1 aliphatic heterocycles. The van der Waals surface area contributed by atoms with Crippen molar-refractivity contribution in [3.8, 4) is 0 Å². The summed E-state index contributed by atoms with van der Waals surface area (Å²) in [7, 11) is 0. The number of nitrogens with zero attached hydrogens (tertiary/aromatic N) is 2. The van der Waals surface area contributed by atoms with Crippen LogP contribution in [-0.2, 0) is 11.2 Å². The van der Waals surface area contributed by atoms with Gasteiger partial charge in [-0.05, 0) is 35.8 Å². The maximum absolute atomic E-state index is 5.58. The molecule has 17 heavy (non-hydrogen) atoms. The van der Waals surface area contributed by atoms with Crippen molar-refractivity contribution in [2.45, 2.75) is 25.8 Å². The second-order valence-electron chi connectivity index (χ2n) is 4.66. The van der Waals surface area contributed by atoms with Gasteiger partial charge in [0.05, 0.1) is 16.8 Å². The van der Waals surface area contributed by atoms with E-state index >= 15 is 0 Å². The molecule has 0 aromatic carbocycles. The van der Waals surface area contributed by atoms with Crippen molar-refractivity contribution in [1.29, 1.82) is 0 Å². The van der Waals surface area contributed by atoms with Crippen molar-refractivity contribution < 1.29 is 4.74 Å². The van der Waals surface area contributed by atoms with Crippen molar-refractivity contribution in [1.82, 2.24) is 4.98 Å². The number of allylic oxidation sites excluding steroid dienone is 1. The van der Waals surface area contributed by atoms with E-state index in [2.05, 4.69) is 46.3 Å². The molecular formula is C13H15BrN2O. The molecule has 1 aromatic heterocycles. The van der Waals surface area contributed by atoms with Gasteiger partial charge in [0.2, 0.25) is 5.90 Å². The van der Waals surface area contributed by atoms with E-state index in [0.717, 1.165) is 22.2 Å². The number of halogens is 1. The molecule has 2 heterocycles. The smallest absolute Gasteiger partial charge is 0.218 e. The summed E-state index contributed by atoms with van der Waals surface area (Å²) < 4.78 is 6.54. The average Bonchev–Trinajstić information content (AvgIpc) is 2.62. The zero-order valence-electron chi connectivity index (χ0n) is 10.0. The van der Waals surface area contributed by atoms with Crippen molar-refractivity contribution in [2.75, 3.05) is 6.61 Å². The molecule has 0 aliphatic carbocycles. The Hall–Kier alpha value is -1.16. The summed E-state index contributed by atoms with van der Waals surface area (Å²) in [6.07, 6.45) is 4.38. The number of pyridine rings is 1. The molecule has 0 saturated heterocycles. The quantitative estimate of drug-likeness (QED) is 0.803. The van der Waals surface area contributed by atoms with Crippen molar-refractivity contribution in [3.05, 3.63) is 40.6 Å². The third-order valence-corrected chi connectivity index (χ3v) is 3.15. The Labute approximate surface area is 110 Å². The molecule has 0 N–H and O–H groups in total. The SMILES string of the molecule is C=CCc1ncc(C2=NC(C)(C)CO2)cc1Br. The highest BCUT2D eigenvalue weighted by molar-refractivity contribution is 9.10. The number of rotatable bonds is 3. The Morgan fingerprint density at radius 1 is 1.59 bits per heavy atom. The maximum Gasteiger partial charge on any atom is 0.218 e. The normalized spacial score (nSPS) is 17.5. The first-order valence-electron chi connectivity index (χ1n) is 5.50. The molecule has 0 fully saturated rings. The number of aromatic nitrogens is 1. The molecule has 2 rings (SSSR count). The molecule has 0 bridgehead atoms.